The number of phenolic OH excluding ortho intramolecular Hbond substituents is 2. The van der Waals surface area contributed by atoms with Gasteiger partial charge in [-0.15, -0.1) is 12.8 Å². The van der Waals surface area contributed by atoms with Crippen molar-refractivity contribution >= 4 is 11.4 Å². The van der Waals surface area contributed by atoms with Crippen LogP contribution in [0, 0.1) is 24.7 Å². The fourth-order valence-corrected chi connectivity index (χ4v) is 2.39. The maximum Gasteiger partial charge on any atom is 0.185 e. The van der Waals surface area contributed by atoms with Gasteiger partial charge in [0.15, 0.2) is 11.5 Å². The van der Waals surface area contributed by atoms with Gasteiger partial charge in [-0.2, -0.15) is 0 Å². The van der Waals surface area contributed by atoms with Gasteiger partial charge in [-0.05, 0) is 30.3 Å². The Kier molecular flexibility index (Phi) is 4.89. The number of nitrogens with two attached hydrogens (primary N) is 2. The molecule has 0 spiro atoms. The predicted octanol–water partition coefficient (Wildman–Crippen LogP) is 3.81. The van der Waals surface area contributed by atoms with E-state index in [0.29, 0.717) is 22.6 Å². The lowest BCUT2D eigenvalue weighted by Gasteiger charge is -2.15. The average Bonchev–Trinajstić information content (AvgIpc) is 2.68. The van der Waals surface area contributed by atoms with E-state index in [0.717, 1.165) is 0 Å². The van der Waals surface area contributed by atoms with Crippen molar-refractivity contribution in [2.24, 2.45) is 0 Å². The van der Waals surface area contributed by atoms with Gasteiger partial charge in [-0.1, -0.05) is 11.8 Å². The van der Waals surface area contributed by atoms with E-state index in [4.69, 9.17) is 33.8 Å². The highest BCUT2D eigenvalue weighted by molar-refractivity contribution is 5.63. The van der Waals surface area contributed by atoms with Gasteiger partial charge in [0, 0.05) is 23.8 Å². The minimum absolute atomic E-state index is 0.131. The molecule has 138 valence electrons. The highest BCUT2D eigenvalue weighted by Crippen LogP contribution is 2.40. The summed E-state index contributed by atoms with van der Waals surface area (Å²) < 4.78 is 11.7. The minimum Gasteiger partial charge on any atom is -0.506 e. The molecule has 0 amide bonds. The lowest BCUT2D eigenvalue weighted by atomic mass is 10.1. The molecule has 0 unspecified atom stereocenters. The Balaban J connectivity index is 2.08. The van der Waals surface area contributed by atoms with E-state index in [1.165, 1.54) is 24.3 Å². The van der Waals surface area contributed by atoms with Crippen LogP contribution in [0.5, 0.6) is 34.5 Å². The molecule has 0 bridgehead atoms. The molecule has 0 aliphatic heterocycles. The van der Waals surface area contributed by atoms with Crippen LogP contribution in [-0.2, 0) is 0 Å². The van der Waals surface area contributed by atoms with Crippen LogP contribution in [-0.4, -0.2) is 10.2 Å². The van der Waals surface area contributed by atoms with Crippen molar-refractivity contribution in [3.63, 3.8) is 0 Å². The number of terminal acetylenes is 2. The van der Waals surface area contributed by atoms with E-state index in [1.54, 1.807) is 24.3 Å². The number of rotatable bonds is 4. The molecule has 3 aromatic carbocycles. The molecule has 0 atom stereocenters. The monoisotopic (exact) mass is 372 g/mol. The fraction of sp³-hybridized carbons (Fsp3) is 0. The second kappa shape index (κ2) is 7.45. The van der Waals surface area contributed by atoms with Crippen LogP contribution in [0.2, 0.25) is 0 Å². The van der Waals surface area contributed by atoms with Crippen LogP contribution < -0.4 is 20.9 Å². The summed E-state index contributed by atoms with van der Waals surface area (Å²) in [6.07, 6.45) is 11.1. The van der Waals surface area contributed by atoms with Crippen molar-refractivity contribution in [3.8, 4) is 59.2 Å². The van der Waals surface area contributed by atoms with Crippen LogP contribution >= 0.6 is 0 Å². The predicted molar refractivity (Wildman–Crippen MR) is 107 cm³/mol. The van der Waals surface area contributed by atoms with Gasteiger partial charge in [-0.25, -0.2) is 0 Å². The van der Waals surface area contributed by atoms with E-state index in [1.807, 2.05) is 0 Å². The second-order valence-corrected chi connectivity index (χ2v) is 5.79. The smallest absolute Gasteiger partial charge is 0.185 e. The summed E-state index contributed by atoms with van der Waals surface area (Å²) in [5, 5.41) is 19.6. The molecule has 0 saturated carbocycles. The highest BCUT2D eigenvalue weighted by Gasteiger charge is 2.16. The van der Waals surface area contributed by atoms with Crippen molar-refractivity contribution in [2.45, 2.75) is 0 Å². The third kappa shape index (κ3) is 3.72. The summed E-state index contributed by atoms with van der Waals surface area (Å²) >= 11 is 0. The quantitative estimate of drug-likeness (QED) is 0.315. The molecule has 6 N–H and O–H groups in total. The zero-order chi connectivity index (χ0) is 20.3. The Morgan fingerprint density at radius 1 is 0.750 bits per heavy atom. The van der Waals surface area contributed by atoms with E-state index >= 15 is 0 Å². The number of anilines is 2. The summed E-state index contributed by atoms with van der Waals surface area (Å²) in [5.74, 6) is 5.77. The van der Waals surface area contributed by atoms with Crippen LogP contribution in [0.25, 0.3) is 0 Å². The van der Waals surface area contributed by atoms with Crippen molar-refractivity contribution in [1.82, 2.24) is 0 Å². The fourth-order valence-electron chi connectivity index (χ4n) is 2.39. The summed E-state index contributed by atoms with van der Waals surface area (Å²) in [5.41, 5.74) is 12.5. The number of hydrogen-bond donors (Lipinski definition) is 4. The first-order valence-corrected chi connectivity index (χ1v) is 8.05. The van der Waals surface area contributed by atoms with Crippen molar-refractivity contribution in [2.75, 3.05) is 11.5 Å². The summed E-state index contributed by atoms with van der Waals surface area (Å²) in [7, 11) is 0. The molecule has 0 aliphatic carbocycles. The molecule has 0 radical (unpaired) electrons. The number of phenols is 2. The number of ether oxygens (including phenoxy) is 2. The maximum atomic E-state index is 9.81. The first kappa shape index (κ1) is 18.4. The minimum atomic E-state index is -0.133. The van der Waals surface area contributed by atoms with Crippen LogP contribution in [0.1, 0.15) is 11.1 Å². The third-order valence-electron chi connectivity index (χ3n) is 3.83. The molecular weight excluding hydrogens is 356 g/mol. The third-order valence-corrected chi connectivity index (χ3v) is 3.83. The number of aromatic hydroxyl groups is 2. The molecule has 0 aromatic heterocycles. The zero-order valence-corrected chi connectivity index (χ0v) is 14.6. The Morgan fingerprint density at radius 3 is 1.82 bits per heavy atom. The van der Waals surface area contributed by atoms with Crippen LogP contribution in [0.15, 0.2) is 48.5 Å². The lowest BCUT2D eigenvalue weighted by molar-refractivity contribution is 0.410. The van der Waals surface area contributed by atoms with Gasteiger partial charge in [0.25, 0.3) is 0 Å². The standard InChI is InChI=1S/C22H16N2O4/c1-3-13-9-14(4-2)22(28-16-6-8-18(24)20(26)12-16)21(10-13)27-15-5-7-17(23)19(25)11-15/h1-2,5-12,25-26H,23-24H2. The van der Waals surface area contributed by atoms with Crippen molar-refractivity contribution < 1.29 is 19.7 Å². The Bertz CT molecular complexity index is 1140. The molecular formula is C22H16N2O4. The molecule has 6 nitrogen and oxygen atoms in total. The second-order valence-electron chi connectivity index (χ2n) is 5.79. The van der Waals surface area contributed by atoms with Crippen LogP contribution in [0.3, 0.4) is 0 Å². The topological polar surface area (TPSA) is 111 Å². The molecule has 6 heteroatoms. The molecule has 0 fully saturated rings. The first-order chi connectivity index (χ1) is 13.4. The van der Waals surface area contributed by atoms with Gasteiger partial charge >= 0.3 is 0 Å². The summed E-state index contributed by atoms with van der Waals surface area (Å²) in [6, 6.07) is 12.0. The highest BCUT2D eigenvalue weighted by atomic mass is 16.5. The van der Waals surface area contributed by atoms with Gasteiger partial charge in [-0.3, -0.25) is 0 Å². The van der Waals surface area contributed by atoms with E-state index in [2.05, 4.69) is 11.8 Å². The van der Waals surface area contributed by atoms with Crippen molar-refractivity contribution in [3.05, 3.63) is 59.7 Å². The normalized spacial score (nSPS) is 9.93. The molecule has 28 heavy (non-hydrogen) atoms. The van der Waals surface area contributed by atoms with Gasteiger partial charge < -0.3 is 31.2 Å². The maximum absolute atomic E-state index is 9.81. The Hall–Kier alpha value is -4.42. The first-order valence-electron chi connectivity index (χ1n) is 8.05. The largest absolute Gasteiger partial charge is 0.506 e. The lowest BCUT2D eigenvalue weighted by Crippen LogP contribution is -1.96. The molecule has 0 heterocycles. The number of hydrogen-bond acceptors (Lipinski definition) is 6. The number of nitrogen functional groups attached to an aromatic ring is 2. The van der Waals surface area contributed by atoms with Gasteiger partial charge in [0.2, 0.25) is 0 Å². The van der Waals surface area contributed by atoms with E-state index in [9.17, 15) is 10.2 Å². The summed E-state index contributed by atoms with van der Waals surface area (Å²) in [4.78, 5) is 0. The summed E-state index contributed by atoms with van der Waals surface area (Å²) in [6.45, 7) is 0. The van der Waals surface area contributed by atoms with Gasteiger partial charge in [0.1, 0.15) is 23.0 Å². The van der Waals surface area contributed by atoms with Crippen LogP contribution in [0.4, 0.5) is 11.4 Å². The van der Waals surface area contributed by atoms with Gasteiger partial charge in [0.05, 0.1) is 16.9 Å². The van der Waals surface area contributed by atoms with E-state index in [-0.39, 0.29) is 34.4 Å². The van der Waals surface area contributed by atoms with Crippen molar-refractivity contribution in [1.29, 1.82) is 0 Å². The molecule has 3 rings (SSSR count). The molecule has 3 aromatic rings. The molecule has 0 saturated heterocycles. The Labute approximate surface area is 161 Å². The van der Waals surface area contributed by atoms with E-state index < -0.39 is 0 Å². The zero-order valence-electron chi connectivity index (χ0n) is 14.6. The SMILES string of the molecule is C#Cc1cc(C#C)c(Oc2ccc(N)c(O)c2)c(Oc2ccc(N)c(O)c2)c1. The average molecular weight is 372 g/mol. The number of benzene rings is 3. The Morgan fingerprint density at radius 2 is 1.32 bits per heavy atom. The molecule has 0 aliphatic rings.